The molecule has 0 spiro atoms. The zero-order chi connectivity index (χ0) is 13.9. The van der Waals surface area contributed by atoms with Crippen molar-refractivity contribution >= 4 is 17.9 Å². The number of carbonyl (C=O) groups excluding carboxylic acids is 2. The second kappa shape index (κ2) is 5.70. The van der Waals surface area contributed by atoms with Gasteiger partial charge in [0.2, 0.25) is 5.91 Å². The highest BCUT2D eigenvalue weighted by Crippen LogP contribution is 2.08. The van der Waals surface area contributed by atoms with Crippen molar-refractivity contribution in [3.63, 3.8) is 0 Å². The van der Waals surface area contributed by atoms with E-state index in [1.165, 1.54) is 9.80 Å². The maximum absolute atomic E-state index is 12.1. The fourth-order valence-corrected chi connectivity index (χ4v) is 1.72. The SMILES string of the molecule is CC(C)N(CC(=O)O)C(=O)N1CCN(C)C(=O)C1. The topological polar surface area (TPSA) is 81.2 Å². The maximum atomic E-state index is 12.1. The van der Waals surface area contributed by atoms with Crippen molar-refractivity contribution in [2.24, 2.45) is 0 Å². The summed E-state index contributed by atoms with van der Waals surface area (Å²) >= 11 is 0. The Kier molecular flexibility index (Phi) is 4.52. The van der Waals surface area contributed by atoms with Crippen molar-refractivity contribution in [2.45, 2.75) is 19.9 Å². The summed E-state index contributed by atoms with van der Waals surface area (Å²) in [5, 5.41) is 8.79. The van der Waals surface area contributed by atoms with Crippen molar-refractivity contribution in [1.82, 2.24) is 14.7 Å². The van der Waals surface area contributed by atoms with E-state index in [0.29, 0.717) is 13.1 Å². The van der Waals surface area contributed by atoms with Gasteiger partial charge in [-0.25, -0.2) is 4.79 Å². The number of nitrogens with zero attached hydrogens (tertiary/aromatic N) is 3. The molecule has 0 aliphatic carbocycles. The molecule has 0 aromatic rings. The summed E-state index contributed by atoms with van der Waals surface area (Å²) in [7, 11) is 1.68. The normalized spacial score (nSPS) is 16.1. The van der Waals surface area contributed by atoms with Crippen LogP contribution in [0.5, 0.6) is 0 Å². The molecule has 0 saturated carbocycles. The smallest absolute Gasteiger partial charge is 0.323 e. The van der Waals surface area contributed by atoms with Gasteiger partial charge in [0.15, 0.2) is 0 Å². The van der Waals surface area contributed by atoms with Gasteiger partial charge in [0.25, 0.3) is 0 Å². The van der Waals surface area contributed by atoms with Crippen LogP contribution < -0.4 is 0 Å². The van der Waals surface area contributed by atoms with Crippen molar-refractivity contribution in [3.05, 3.63) is 0 Å². The number of amides is 3. The average Bonchev–Trinajstić information content (AvgIpc) is 2.28. The molecule has 0 atom stereocenters. The maximum Gasteiger partial charge on any atom is 0.323 e. The van der Waals surface area contributed by atoms with E-state index in [4.69, 9.17) is 5.11 Å². The van der Waals surface area contributed by atoms with E-state index >= 15 is 0 Å². The van der Waals surface area contributed by atoms with Crippen LogP contribution in [0, 0.1) is 0 Å². The molecule has 18 heavy (non-hydrogen) atoms. The Morgan fingerprint density at radius 1 is 1.39 bits per heavy atom. The summed E-state index contributed by atoms with van der Waals surface area (Å²) in [5.41, 5.74) is 0. The molecule has 0 bridgehead atoms. The average molecular weight is 257 g/mol. The molecule has 1 heterocycles. The van der Waals surface area contributed by atoms with Crippen LogP contribution in [0.25, 0.3) is 0 Å². The number of carboxylic acid groups (broad SMARTS) is 1. The molecule has 1 aliphatic rings. The lowest BCUT2D eigenvalue weighted by Gasteiger charge is -2.36. The number of hydrogen-bond acceptors (Lipinski definition) is 3. The Balaban J connectivity index is 2.71. The van der Waals surface area contributed by atoms with Crippen molar-refractivity contribution in [1.29, 1.82) is 0 Å². The number of urea groups is 1. The highest BCUT2D eigenvalue weighted by Gasteiger charge is 2.30. The minimum atomic E-state index is -1.06. The Hall–Kier alpha value is -1.79. The first-order valence-electron chi connectivity index (χ1n) is 5.84. The molecule has 3 amide bonds. The van der Waals surface area contributed by atoms with Gasteiger partial charge in [-0.2, -0.15) is 0 Å². The number of rotatable bonds is 3. The van der Waals surface area contributed by atoms with E-state index in [0.717, 1.165) is 0 Å². The predicted molar refractivity (Wildman–Crippen MR) is 64.1 cm³/mol. The molecule has 102 valence electrons. The molecule has 1 saturated heterocycles. The van der Waals surface area contributed by atoms with E-state index < -0.39 is 12.0 Å². The van der Waals surface area contributed by atoms with Gasteiger partial charge in [-0.3, -0.25) is 9.59 Å². The minimum Gasteiger partial charge on any atom is -0.480 e. The first-order valence-corrected chi connectivity index (χ1v) is 5.84. The third kappa shape index (κ3) is 3.35. The van der Waals surface area contributed by atoms with Gasteiger partial charge >= 0.3 is 12.0 Å². The third-order valence-electron chi connectivity index (χ3n) is 2.90. The molecule has 7 nitrogen and oxygen atoms in total. The molecule has 1 aliphatic heterocycles. The molecule has 0 radical (unpaired) electrons. The summed E-state index contributed by atoms with van der Waals surface area (Å²) in [5.74, 6) is -1.19. The molecule has 1 N–H and O–H groups in total. The lowest BCUT2D eigenvalue weighted by Crippen LogP contribution is -2.56. The van der Waals surface area contributed by atoms with Crippen molar-refractivity contribution < 1.29 is 19.5 Å². The van der Waals surface area contributed by atoms with Crippen LogP contribution in [0.3, 0.4) is 0 Å². The van der Waals surface area contributed by atoms with E-state index in [-0.39, 0.29) is 25.0 Å². The Morgan fingerprint density at radius 2 is 2.00 bits per heavy atom. The Morgan fingerprint density at radius 3 is 2.44 bits per heavy atom. The van der Waals surface area contributed by atoms with Crippen LogP contribution in [-0.2, 0) is 9.59 Å². The second-order valence-electron chi connectivity index (χ2n) is 4.63. The van der Waals surface area contributed by atoms with Crippen molar-refractivity contribution in [2.75, 3.05) is 33.2 Å². The lowest BCUT2D eigenvalue weighted by atomic mass is 10.3. The number of aliphatic carboxylic acids is 1. The molecule has 0 unspecified atom stereocenters. The number of piperazine rings is 1. The van der Waals surface area contributed by atoms with Crippen LogP contribution in [0.4, 0.5) is 4.79 Å². The minimum absolute atomic E-state index is 0.0121. The zero-order valence-electron chi connectivity index (χ0n) is 10.9. The molecule has 7 heteroatoms. The highest BCUT2D eigenvalue weighted by molar-refractivity contribution is 5.86. The third-order valence-corrected chi connectivity index (χ3v) is 2.90. The van der Waals surface area contributed by atoms with Gasteiger partial charge in [-0.05, 0) is 13.8 Å². The van der Waals surface area contributed by atoms with Gasteiger partial charge in [-0.15, -0.1) is 0 Å². The van der Waals surface area contributed by atoms with E-state index in [1.807, 2.05) is 0 Å². The quantitative estimate of drug-likeness (QED) is 0.751. The van der Waals surface area contributed by atoms with E-state index in [1.54, 1.807) is 25.8 Å². The summed E-state index contributed by atoms with van der Waals surface area (Å²) < 4.78 is 0. The molecule has 0 aromatic heterocycles. The zero-order valence-corrected chi connectivity index (χ0v) is 10.9. The summed E-state index contributed by atoms with van der Waals surface area (Å²) in [4.78, 5) is 38.6. The van der Waals surface area contributed by atoms with E-state index in [2.05, 4.69) is 0 Å². The summed E-state index contributed by atoms with van der Waals surface area (Å²) in [6, 6.07) is -0.614. The molecular formula is C11H19N3O4. The number of likely N-dealkylation sites (N-methyl/N-ethyl adjacent to an activating group) is 1. The fraction of sp³-hybridized carbons (Fsp3) is 0.727. The second-order valence-corrected chi connectivity index (χ2v) is 4.63. The Bertz CT molecular complexity index is 356. The van der Waals surface area contributed by atoms with Crippen LogP contribution >= 0.6 is 0 Å². The van der Waals surface area contributed by atoms with Gasteiger partial charge in [0.1, 0.15) is 13.1 Å². The number of hydrogen-bond donors (Lipinski definition) is 1. The monoisotopic (exact) mass is 257 g/mol. The van der Waals surface area contributed by atoms with Crippen LogP contribution in [0.1, 0.15) is 13.8 Å². The highest BCUT2D eigenvalue weighted by atomic mass is 16.4. The van der Waals surface area contributed by atoms with Gasteiger partial charge in [0.05, 0.1) is 0 Å². The Labute approximate surface area is 106 Å². The van der Waals surface area contributed by atoms with Crippen LogP contribution in [-0.4, -0.2) is 77.0 Å². The van der Waals surface area contributed by atoms with Gasteiger partial charge < -0.3 is 19.8 Å². The van der Waals surface area contributed by atoms with Gasteiger partial charge in [0, 0.05) is 26.2 Å². The lowest BCUT2D eigenvalue weighted by molar-refractivity contribution is -0.138. The fourth-order valence-electron chi connectivity index (χ4n) is 1.72. The molecule has 0 aromatic carbocycles. The van der Waals surface area contributed by atoms with Crippen LogP contribution in [0.2, 0.25) is 0 Å². The standard InChI is InChI=1S/C11H19N3O4/c1-8(2)14(7-10(16)17)11(18)13-5-4-12(3)9(15)6-13/h8H,4-7H2,1-3H3,(H,16,17). The summed E-state index contributed by atoms with van der Waals surface area (Å²) in [6.07, 6.45) is 0. The number of carboxylic acids is 1. The van der Waals surface area contributed by atoms with E-state index in [9.17, 15) is 14.4 Å². The number of carbonyl (C=O) groups is 3. The summed E-state index contributed by atoms with van der Waals surface area (Å²) in [6.45, 7) is 4.07. The molecular weight excluding hydrogens is 238 g/mol. The van der Waals surface area contributed by atoms with Crippen LogP contribution in [0.15, 0.2) is 0 Å². The van der Waals surface area contributed by atoms with Crippen molar-refractivity contribution in [3.8, 4) is 0 Å². The molecule has 1 rings (SSSR count). The first kappa shape index (κ1) is 14.3. The molecule has 1 fully saturated rings. The van der Waals surface area contributed by atoms with Gasteiger partial charge in [-0.1, -0.05) is 0 Å². The first-order chi connectivity index (χ1) is 8.32. The largest absolute Gasteiger partial charge is 0.480 e. The predicted octanol–water partition coefficient (Wildman–Crippen LogP) is -0.325.